The van der Waals surface area contributed by atoms with Gasteiger partial charge in [-0.2, -0.15) is 0 Å². The number of ketones is 1. The van der Waals surface area contributed by atoms with E-state index < -0.39 is 0 Å². The van der Waals surface area contributed by atoms with Crippen molar-refractivity contribution in [2.45, 2.75) is 26.2 Å². The maximum Gasteiger partial charge on any atom is 0.230 e. The van der Waals surface area contributed by atoms with Gasteiger partial charge in [0.15, 0.2) is 23.0 Å². The molecule has 0 bridgehead atoms. The number of carbonyl (C=O) groups is 1. The smallest absolute Gasteiger partial charge is 0.230 e. The minimum Gasteiger partial charge on any atom is -0.493 e. The van der Waals surface area contributed by atoms with Crippen LogP contribution in [-0.2, 0) is 15.9 Å². The largest absolute Gasteiger partial charge is 0.493 e. The highest BCUT2D eigenvalue weighted by Gasteiger charge is 2.32. The lowest BCUT2D eigenvalue weighted by Crippen LogP contribution is -2.17. The molecule has 7 heteroatoms. The summed E-state index contributed by atoms with van der Waals surface area (Å²) >= 11 is 0. The Morgan fingerprint density at radius 2 is 1.86 bits per heavy atom. The van der Waals surface area contributed by atoms with Crippen LogP contribution in [0.5, 0.6) is 11.5 Å². The maximum absolute atomic E-state index is 12.7. The molecule has 0 saturated heterocycles. The summed E-state index contributed by atoms with van der Waals surface area (Å²) in [4.78, 5) is 17.2. The zero-order chi connectivity index (χ0) is 19.0. The summed E-state index contributed by atoms with van der Waals surface area (Å²) in [6.07, 6.45) is 4.17. The number of hydrogen-bond donors (Lipinski definition) is 0. The van der Waals surface area contributed by atoms with Gasteiger partial charge in [-0.3, -0.25) is 9.79 Å². The van der Waals surface area contributed by atoms with E-state index in [0.29, 0.717) is 23.0 Å². The second-order valence-corrected chi connectivity index (χ2v) is 6.96. The minimum absolute atomic E-state index is 0. The van der Waals surface area contributed by atoms with E-state index >= 15 is 0 Å². The molecule has 0 N–H and O–H groups in total. The zero-order valence-electron chi connectivity index (χ0n) is 16.2. The number of nitrogens with zero attached hydrogens (tertiary/aromatic N) is 1. The van der Waals surface area contributed by atoms with E-state index in [1.165, 1.54) is 5.57 Å². The van der Waals surface area contributed by atoms with Gasteiger partial charge in [-0.1, -0.05) is 12.5 Å². The normalized spacial score (nSPS) is 21.0. The van der Waals surface area contributed by atoms with Crippen LogP contribution in [0.4, 0.5) is 0 Å². The Balaban J connectivity index is 0.00000225. The van der Waals surface area contributed by atoms with Gasteiger partial charge in [-0.05, 0) is 36.5 Å². The highest BCUT2D eigenvalue weighted by atomic mass is 35.5. The van der Waals surface area contributed by atoms with Gasteiger partial charge in [0.1, 0.15) is 12.3 Å². The summed E-state index contributed by atoms with van der Waals surface area (Å²) < 4.78 is 22.1. The average molecular weight is 406 g/mol. The van der Waals surface area contributed by atoms with Crippen molar-refractivity contribution in [3.63, 3.8) is 0 Å². The maximum atomic E-state index is 12.7. The SMILES string of the molecule is COc1cc2c(cc1OC)C(=O)CN=CC1=C(CC2)C(C)CC2=C1OCO2.Cl. The zero-order valence-corrected chi connectivity index (χ0v) is 17.1. The second-order valence-electron chi connectivity index (χ2n) is 6.96. The van der Waals surface area contributed by atoms with Gasteiger partial charge in [0, 0.05) is 23.8 Å². The number of methoxy groups -OCH3 is 2. The van der Waals surface area contributed by atoms with Gasteiger partial charge in [0.25, 0.3) is 0 Å². The lowest BCUT2D eigenvalue weighted by Gasteiger charge is -2.25. The van der Waals surface area contributed by atoms with Crippen molar-refractivity contribution in [2.24, 2.45) is 10.9 Å². The molecule has 3 aliphatic rings. The number of aliphatic imine (C=N–C) groups is 1. The fourth-order valence-electron chi connectivity index (χ4n) is 3.98. The van der Waals surface area contributed by atoms with Crippen LogP contribution in [0.2, 0.25) is 0 Å². The van der Waals surface area contributed by atoms with E-state index in [4.69, 9.17) is 18.9 Å². The molecule has 1 atom stereocenters. The molecule has 2 aliphatic heterocycles. The van der Waals surface area contributed by atoms with Crippen LogP contribution in [0, 0.1) is 5.92 Å². The van der Waals surface area contributed by atoms with Crippen LogP contribution in [0.25, 0.3) is 0 Å². The molecule has 0 radical (unpaired) electrons. The molecule has 1 aliphatic carbocycles. The standard InChI is InChI=1S/C21H23NO5.ClH/c1-12-6-20-21(27-11-26-20)16-9-22-10-17(23)15-8-19(25-3)18(24-2)7-13(15)4-5-14(12)16;/h7-9,12H,4-6,10-11H2,1-3H3;1H. The fraction of sp³-hybridized carbons (Fsp3) is 0.429. The van der Waals surface area contributed by atoms with Crippen molar-refractivity contribution < 1.29 is 23.7 Å². The number of aryl methyl sites for hydroxylation is 1. The van der Waals surface area contributed by atoms with Gasteiger partial charge >= 0.3 is 0 Å². The monoisotopic (exact) mass is 405 g/mol. The number of fused-ring (bicyclic) bond motifs is 2. The van der Waals surface area contributed by atoms with E-state index in [0.717, 1.165) is 41.9 Å². The summed E-state index contributed by atoms with van der Waals surface area (Å²) in [5.74, 6) is 3.17. The summed E-state index contributed by atoms with van der Waals surface area (Å²) in [6, 6.07) is 3.67. The third-order valence-corrected chi connectivity index (χ3v) is 5.40. The molecule has 6 nitrogen and oxygen atoms in total. The van der Waals surface area contributed by atoms with E-state index in [9.17, 15) is 4.79 Å². The first-order valence-electron chi connectivity index (χ1n) is 9.12. The molecule has 0 fully saturated rings. The van der Waals surface area contributed by atoms with Crippen LogP contribution in [0.15, 0.2) is 39.8 Å². The molecule has 0 amide bonds. The Kier molecular flexibility index (Phi) is 5.98. The van der Waals surface area contributed by atoms with Crippen molar-refractivity contribution in [1.29, 1.82) is 0 Å². The van der Waals surface area contributed by atoms with Crippen molar-refractivity contribution in [3.8, 4) is 11.5 Å². The molecular weight excluding hydrogens is 382 g/mol. The summed E-state index contributed by atoms with van der Waals surface area (Å²) in [5.41, 5.74) is 3.87. The lowest BCUT2D eigenvalue weighted by molar-refractivity contribution is 0.0716. The van der Waals surface area contributed by atoms with Crippen LogP contribution in [0.1, 0.15) is 35.7 Å². The number of allylic oxidation sites excluding steroid dienone is 3. The molecule has 150 valence electrons. The van der Waals surface area contributed by atoms with E-state index in [2.05, 4.69) is 11.9 Å². The van der Waals surface area contributed by atoms with Crippen molar-refractivity contribution in [1.82, 2.24) is 0 Å². The van der Waals surface area contributed by atoms with Gasteiger partial charge < -0.3 is 18.9 Å². The first-order chi connectivity index (χ1) is 13.1. The first kappa shape index (κ1) is 20.3. The molecule has 0 saturated carbocycles. The Morgan fingerprint density at radius 1 is 1.11 bits per heavy atom. The van der Waals surface area contributed by atoms with Gasteiger partial charge in [0.05, 0.1) is 14.2 Å². The van der Waals surface area contributed by atoms with Gasteiger partial charge in [0.2, 0.25) is 6.79 Å². The van der Waals surface area contributed by atoms with Gasteiger partial charge in [-0.15, -0.1) is 12.4 Å². The third-order valence-electron chi connectivity index (χ3n) is 5.40. The lowest BCUT2D eigenvalue weighted by atomic mass is 9.82. The van der Waals surface area contributed by atoms with E-state index in [-0.39, 0.29) is 31.5 Å². The van der Waals surface area contributed by atoms with E-state index in [1.807, 2.05) is 6.07 Å². The van der Waals surface area contributed by atoms with Crippen molar-refractivity contribution >= 4 is 24.4 Å². The molecular formula is C21H24ClNO5. The van der Waals surface area contributed by atoms with Gasteiger partial charge in [-0.25, -0.2) is 0 Å². The van der Waals surface area contributed by atoms with Crippen LogP contribution in [-0.4, -0.2) is 39.6 Å². The minimum atomic E-state index is -0.0343. The van der Waals surface area contributed by atoms with Crippen molar-refractivity contribution in [2.75, 3.05) is 27.6 Å². The molecule has 2 heterocycles. The molecule has 1 unspecified atom stereocenters. The molecule has 0 aromatic heterocycles. The molecule has 4 rings (SSSR count). The fourth-order valence-corrected chi connectivity index (χ4v) is 3.98. The number of carbonyl (C=O) groups excluding carboxylic acids is 1. The van der Waals surface area contributed by atoms with Crippen LogP contribution >= 0.6 is 12.4 Å². The Morgan fingerprint density at radius 3 is 2.61 bits per heavy atom. The Labute approximate surface area is 170 Å². The number of halogens is 1. The number of ether oxygens (including phenoxy) is 4. The molecule has 1 aromatic rings. The van der Waals surface area contributed by atoms with Crippen LogP contribution < -0.4 is 9.47 Å². The van der Waals surface area contributed by atoms with Crippen LogP contribution in [0.3, 0.4) is 0 Å². The van der Waals surface area contributed by atoms with Crippen molar-refractivity contribution in [3.05, 3.63) is 45.9 Å². The topological polar surface area (TPSA) is 66.4 Å². The summed E-state index contributed by atoms with van der Waals surface area (Å²) in [7, 11) is 3.18. The third kappa shape index (κ3) is 3.49. The Hall–Kier alpha value is -2.47. The highest BCUT2D eigenvalue weighted by molar-refractivity contribution is 6.01. The average Bonchev–Trinajstić information content (AvgIpc) is 3.14. The highest BCUT2D eigenvalue weighted by Crippen LogP contribution is 2.40. The predicted octanol–water partition coefficient (Wildman–Crippen LogP) is 3.88. The predicted molar refractivity (Wildman–Crippen MR) is 108 cm³/mol. The number of hydrogen-bond acceptors (Lipinski definition) is 6. The van der Waals surface area contributed by atoms with E-state index in [1.54, 1.807) is 26.5 Å². The quantitative estimate of drug-likeness (QED) is 0.747. The number of rotatable bonds is 2. The molecule has 0 spiro atoms. The molecule has 28 heavy (non-hydrogen) atoms. The number of benzene rings is 1. The number of Topliss-reactive ketones (excluding diaryl/α,β-unsaturated/α-hetero) is 1. The first-order valence-corrected chi connectivity index (χ1v) is 9.12. The second kappa shape index (κ2) is 8.27. The summed E-state index contributed by atoms with van der Waals surface area (Å²) in [6.45, 7) is 2.53. The molecule has 1 aromatic carbocycles. The summed E-state index contributed by atoms with van der Waals surface area (Å²) in [5, 5.41) is 0. The Bertz CT molecular complexity index is 887.